The maximum Gasteiger partial charge on any atom is 0.254 e. The number of carbonyl (C=O) groups is 1. The lowest BCUT2D eigenvalue weighted by Crippen LogP contribution is -2.31. The number of methoxy groups -OCH3 is 1. The van der Waals surface area contributed by atoms with Crippen molar-refractivity contribution in [1.82, 2.24) is 0 Å². The Kier molecular flexibility index (Phi) is 6.19. The number of allylic oxidation sites excluding steroid dienone is 1. The van der Waals surface area contributed by atoms with Gasteiger partial charge in [-0.15, -0.1) is 0 Å². The van der Waals surface area contributed by atoms with Crippen LogP contribution in [0.4, 0.5) is 5.69 Å². The summed E-state index contributed by atoms with van der Waals surface area (Å²) in [5.74, 6) is -0.682. The number of para-hydroxylation sites is 2. The van der Waals surface area contributed by atoms with Crippen molar-refractivity contribution in [3.63, 3.8) is 0 Å². The molecule has 0 radical (unpaired) electrons. The molecule has 1 heterocycles. The number of hydrogen-bond acceptors (Lipinski definition) is 4. The molecule has 0 fully saturated rings. The average molecular weight is 452 g/mol. The summed E-state index contributed by atoms with van der Waals surface area (Å²) in [4.78, 5) is 17.9. The van der Waals surface area contributed by atoms with Crippen LogP contribution in [0.5, 0.6) is 5.75 Å². The third-order valence-corrected chi connectivity index (χ3v) is 5.74. The predicted molar refractivity (Wildman–Crippen MR) is 118 cm³/mol. The first-order chi connectivity index (χ1) is 13.9. The van der Waals surface area contributed by atoms with E-state index >= 15 is 0 Å². The number of rotatable bonds is 4. The van der Waals surface area contributed by atoms with Gasteiger partial charge in [0.1, 0.15) is 5.75 Å². The summed E-state index contributed by atoms with van der Waals surface area (Å²) in [6, 6.07) is 15.5. The number of aryl methyl sites for hydroxylation is 1. The predicted octanol–water partition coefficient (Wildman–Crippen LogP) is 5.38. The summed E-state index contributed by atoms with van der Waals surface area (Å²) in [6.07, 6.45) is 0. The molecule has 0 aromatic heterocycles. The highest BCUT2D eigenvalue weighted by Gasteiger charge is 2.38. The normalized spacial score (nSPS) is 18.7. The Hall–Kier alpha value is -2.91. The van der Waals surface area contributed by atoms with Crippen LogP contribution in [0.15, 0.2) is 63.2 Å². The van der Waals surface area contributed by atoms with E-state index in [1.165, 1.54) is 0 Å². The Bertz CT molecular complexity index is 1070. The lowest BCUT2D eigenvalue weighted by molar-refractivity contribution is -0.113. The topological polar surface area (TPSA) is 74.5 Å². The molecule has 1 aliphatic heterocycles. The zero-order valence-electron chi connectivity index (χ0n) is 16.8. The number of ether oxygens (including phenoxy) is 1. The number of hydrogen-bond donors (Lipinski definition) is 1. The van der Waals surface area contributed by atoms with Crippen LogP contribution in [-0.4, -0.2) is 18.7 Å². The van der Waals surface area contributed by atoms with Crippen LogP contribution in [0.25, 0.3) is 0 Å². The number of benzene rings is 2. The van der Waals surface area contributed by atoms with Gasteiger partial charge in [0.05, 0.1) is 24.8 Å². The summed E-state index contributed by atoms with van der Waals surface area (Å²) < 4.78 is 6.21. The van der Waals surface area contributed by atoms with Crippen LogP contribution in [0, 0.1) is 24.2 Å². The van der Waals surface area contributed by atoms with Crippen molar-refractivity contribution in [2.24, 2.45) is 10.9 Å². The summed E-state index contributed by atoms with van der Waals surface area (Å²) in [5.41, 5.74) is 4.35. The van der Waals surface area contributed by atoms with Crippen molar-refractivity contribution >= 4 is 33.2 Å². The number of nitrogens with zero attached hydrogens (tertiary/aromatic N) is 2. The van der Waals surface area contributed by atoms with Crippen LogP contribution >= 0.6 is 15.9 Å². The molecule has 5 nitrogen and oxygen atoms in total. The highest BCUT2D eigenvalue weighted by atomic mass is 79.9. The molecule has 6 heteroatoms. The van der Waals surface area contributed by atoms with E-state index in [0.29, 0.717) is 28.4 Å². The number of anilines is 1. The highest BCUT2D eigenvalue weighted by Crippen LogP contribution is 2.42. The standard InChI is InChI=1S/C23H22BrN3O2/c1-13-9-10-16(18(24)11-13)22-17(12-25)14(2)26-15(3)21(22)23(28)27-19-7-5-6-8-20(19)29-4/h5-11,17,22H,1-4H3,(H,27,28). The summed E-state index contributed by atoms with van der Waals surface area (Å²) in [6.45, 7) is 5.64. The molecule has 2 aromatic rings. The lowest BCUT2D eigenvalue weighted by atomic mass is 9.76. The second kappa shape index (κ2) is 8.62. The SMILES string of the molecule is COc1ccccc1NC(=O)C1=C(C)N=C(C)C(C#N)C1c1ccc(C)cc1Br. The highest BCUT2D eigenvalue weighted by molar-refractivity contribution is 9.10. The summed E-state index contributed by atoms with van der Waals surface area (Å²) in [7, 11) is 1.56. The molecule has 1 aliphatic rings. The van der Waals surface area contributed by atoms with Gasteiger partial charge in [0.2, 0.25) is 0 Å². The van der Waals surface area contributed by atoms with E-state index in [1.54, 1.807) is 19.2 Å². The van der Waals surface area contributed by atoms with Crippen LogP contribution in [0.3, 0.4) is 0 Å². The van der Waals surface area contributed by atoms with Crippen molar-refractivity contribution < 1.29 is 9.53 Å². The van der Waals surface area contributed by atoms with E-state index in [1.807, 2.05) is 51.1 Å². The second-order valence-corrected chi connectivity index (χ2v) is 7.87. The molecular weight excluding hydrogens is 430 g/mol. The van der Waals surface area contributed by atoms with Gasteiger partial charge in [0.15, 0.2) is 0 Å². The number of halogens is 1. The number of aliphatic imine (C=N–C) groups is 1. The Morgan fingerprint density at radius 1 is 1.21 bits per heavy atom. The molecule has 2 unspecified atom stereocenters. The Morgan fingerprint density at radius 2 is 1.93 bits per heavy atom. The summed E-state index contributed by atoms with van der Waals surface area (Å²) in [5, 5.41) is 12.8. The molecule has 0 aliphatic carbocycles. The first-order valence-corrected chi connectivity index (χ1v) is 10.0. The largest absolute Gasteiger partial charge is 0.495 e. The van der Waals surface area contributed by atoms with Crippen LogP contribution in [-0.2, 0) is 4.79 Å². The fourth-order valence-electron chi connectivity index (χ4n) is 3.66. The molecular formula is C23H22BrN3O2. The zero-order valence-corrected chi connectivity index (χ0v) is 18.4. The monoisotopic (exact) mass is 451 g/mol. The van der Waals surface area contributed by atoms with Gasteiger partial charge in [-0.1, -0.05) is 40.2 Å². The van der Waals surface area contributed by atoms with E-state index in [4.69, 9.17) is 4.74 Å². The molecule has 29 heavy (non-hydrogen) atoms. The number of carbonyl (C=O) groups excluding carboxylic acids is 1. The molecule has 1 amide bonds. The minimum atomic E-state index is -0.531. The molecule has 0 saturated carbocycles. The van der Waals surface area contributed by atoms with E-state index in [-0.39, 0.29) is 5.91 Å². The molecule has 0 bridgehead atoms. The van der Waals surface area contributed by atoms with Crippen molar-refractivity contribution in [3.8, 4) is 11.8 Å². The van der Waals surface area contributed by atoms with E-state index in [2.05, 4.69) is 32.3 Å². The molecule has 148 valence electrons. The van der Waals surface area contributed by atoms with Gasteiger partial charge >= 0.3 is 0 Å². The van der Waals surface area contributed by atoms with Gasteiger partial charge in [-0.3, -0.25) is 9.79 Å². The first kappa shape index (κ1) is 20.8. The third-order valence-electron chi connectivity index (χ3n) is 5.06. The smallest absolute Gasteiger partial charge is 0.254 e. The minimum absolute atomic E-state index is 0.291. The second-order valence-electron chi connectivity index (χ2n) is 7.02. The lowest BCUT2D eigenvalue weighted by Gasteiger charge is -2.30. The van der Waals surface area contributed by atoms with Crippen LogP contribution in [0.1, 0.15) is 30.9 Å². The van der Waals surface area contributed by atoms with Crippen molar-refractivity contribution in [3.05, 3.63) is 69.3 Å². The Balaban J connectivity index is 2.10. The molecule has 0 spiro atoms. The van der Waals surface area contributed by atoms with E-state index < -0.39 is 11.8 Å². The Labute approximate surface area is 179 Å². The van der Waals surface area contributed by atoms with Crippen LogP contribution in [0.2, 0.25) is 0 Å². The number of nitriles is 1. The van der Waals surface area contributed by atoms with Gasteiger partial charge in [-0.05, 0) is 50.1 Å². The maximum absolute atomic E-state index is 13.4. The minimum Gasteiger partial charge on any atom is -0.495 e. The fraction of sp³-hybridized carbons (Fsp3) is 0.261. The molecule has 2 atom stereocenters. The van der Waals surface area contributed by atoms with E-state index in [9.17, 15) is 10.1 Å². The van der Waals surface area contributed by atoms with Gasteiger partial charge in [0.25, 0.3) is 5.91 Å². The van der Waals surface area contributed by atoms with Crippen LogP contribution < -0.4 is 10.1 Å². The molecule has 1 N–H and O–H groups in total. The fourth-order valence-corrected chi connectivity index (χ4v) is 4.40. The van der Waals surface area contributed by atoms with Gasteiger partial charge in [0, 0.05) is 27.4 Å². The van der Waals surface area contributed by atoms with Crippen molar-refractivity contribution in [1.29, 1.82) is 5.26 Å². The molecule has 3 rings (SSSR count). The first-order valence-electron chi connectivity index (χ1n) is 9.23. The Morgan fingerprint density at radius 3 is 2.59 bits per heavy atom. The third kappa shape index (κ3) is 4.10. The quantitative estimate of drug-likeness (QED) is 0.677. The maximum atomic E-state index is 13.4. The van der Waals surface area contributed by atoms with Gasteiger partial charge in [-0.2, -0.15) is 5.26 Å². The van der Waals surface area contributed by atoms with E-state index in [0.717, 1.165) is 15.6 Å². The average Bonchev–Trinajstić information content (AvgIpc) is 2.68. The van der Waals surface area contributed by atoms with Crippen molar-refractivity contribution in [2.45, 2.75) is 26.7 Å². The van der Waals surface area contributed by atoms with Crippen molar-refractivity contribution in [2.75, 3.05) is 12.4 Å². The number of nitrogens with one attached hydrogen (secondary N) is 1. The zero-order chi connectivity index (χ0) is 21.1. The molecule has 0 saturated heterocycles. The van der Waals surface area contributed by atoms with Gasteiger partial charge in [-0.25, -0.2) is 0 Å². The molecule has 2 aromatic carbocycles. The summed E-state index contributed by atoms with van der Waals surface area (Å²) >= 11 is 3.62. The van der Waals surface area contributed by atoms with Gasteiger partial charge < -0.3 is 10.1 Å². The number of amides is 1.